The summed E-state index contributed by atoms with van der Waals surface area (Å²) in [7, 11) is 5.87. The summed E-state index contributed by atoms with van der Waals surface area (Å²) in [5.74, 6) is 0.297. The number of hydrogen-bond donors (Lipinski definition) is 0. The molecular formula is C35H26BNO2. The second kappa shape index (κ2) is 10.5. The largest absolute Gasteiger partial charge is 0.423 e. The molecule has 3 nitrogen and oxygen atoms in total. The molecule has 5 aromatic carbocycles. The number of esters is 1. The Balaban J connectivity index is 1.28. The molecule has 4 heteroatoms. The summed E-state index contributed by atoms with van der Waals surface area (Å²) >= 11 is 0. The number of hydrogen-bond acceptors (Lipinski definition) is 3. The van der Waals surface area contributed by atoms with Gasteiger partial charge < -0.3 is 9.64 Å². The summed E-state index contributed by atoms with van der Waals surface area (Å²) in [6.07, 6.45) is 2.60. The number of benzene rings is 5. The van der Waals surface area contributed by atoms with Gasteiger partial charge in [-0.3, -0.25) is 0 Å². The van der Waals surface area contributed by atoms with Crippen LogP contribution in [-0.2, 0) is 4.79 Å². The third-order valence-corrected chi connectivity index (χ3v) is 6.86. The van der Waals surface area contributed by atoms with Crippen LogP contribution >= 0.6 is 0 Å². The normalized spacial score (nSPS) is 12.0. The van der Waals surface area contributed by atoms with E-state index in [1.54, 1.807) is 0 Å². The Morgan fingerprint density at radius 2 is 1.00 bits per heavy atom. The SMILES string of the molecule is [B]c1ccc(-c2ccc(N(c3ccc(C)cc3)c3ccc(-c4ccc(OC(=O)C5=CC5)cc4)cc3)cc2)cc1. The summed E-state index contributed by atoms with van der Waals surface area (Å²) in [5.41, 5.74) is 10.4. The van der Waals surface area contributed by atoms with Gasteiger partial charge in [-0.2, -0.15) is 0 Å². The molecule has 0 bridgehead atoms. The van der Waals surface area contributed by atoms with Crippen LogP contribution in [0.4, 0.5) is 17.1 Å². The third kappa shape index (κ3) is 5.56. The van der Waals surface area contributed by atoms with E-state index in [9.17, 15) is 4.79 Å². The summed E-state index contributed by atoms with van der Waals surface area (Å²) in [4.78, 5) is 14.1. The number of nitrogens with zero attached hydrogens (tertiary/aromatic N) is 1. The van der Waals surface area contributed by atoms with Crippen LogP contribution in [0.3, 0.4) is 0 Å². The second-order valence-electron chi connectivity index (χ2n) is 9.73. The molecule has 2 radical (unpaired) electrons. The number of aryl methyl sites for hydroxylation is 1. The lowest BCUT2D eigenvalue weighted by Crippen LogP contribution is -2.09. The molecule has 1 aliphatic carbocycles. The monoisotopic (exact) mass is 503 g/mol. The van der Waals surface area contributed by atoms with E-state index in [0.717, 1.165) is 56.8 Å². The van der Waals surface area contributed by atoms with Crippen LogP contribution in [-0.4, -0.2) is 13.8 Å². The van der Waals surface area contributed by atoms with Crippen LogP contribution in [0.1, 0.15) is 12.0 Å². The van der Waals surface area contributed by atoms with Gasteiger partial charge in [-0.15, -0.1) is 0 Å². The Bertz CT molecular complexity index is 1640. The van der Waals surface area contributed by atoms with Crippen molar-refractivity contribution in [3.8, 4) is 28.0 Å². The van der Waals surface area contributed by atoms with Crippen LogP contribution in [0.25, 0.3) is 22.3 Å². The van der Waals surface area contributed by atoms with Crippen molar-refractivity contribution in [2.24, 2.45) is 0 Å². The highest BCUT2D eigenvalue weighted by Crippen LogP contribution is 2.37. The smallest absolute Gasteiger partial charge is 0.339 e. The number of rotatable bonds is 7. The van der Waals surface area contributed by atoms with Crippen LogP contribution in [0, 0.1) is 6.92 Å². The van der Waals surface area contributed by atoms with Crippen molar-refractivity contribution in [2.45, 2.75) is 13.3 Å². The molecule has 186 valence electrons. The molecule has 0 aliphatic heterocycles. The third-order valence-electron chi connectivity index (χ3n) is 6.86. The molecule has 6 rings (SSSR count). The van der Waals surface area contributed by atoms with Crippen LogP contribution in [0.15, 0.2) is 133 Å². The first-order valence-corrected chi connectivity index (χ1v) is 13.0. The van der Waals surface area contributed by atoms with E-state index in [4.69, 9.17) is 12.6 Å². The Labute approximate surface area is 230 Å². The fourth-order valence-electron chi connectivity index (χ4n) is 4.53. The lowest BCUT2D eigenvalue weighted by Gasteiger charge is -2.26. The van der Waals surface area contributed by atoms with E-state index in [1.807, 2.05) is 54.6 Å². The minimum Gasteiger partial charge on any atom is -0.423 e. The zero-order valence-electron chi connectivity index (χ0n) is 21.7. The zero-order valence-corrected chi connectivity index (χ0v) is 21.7. The van der Waals surface area contributed by atoms with Gasteiger partial charge in [0.2, 0.25) is 0 Å². The molecule has 0 N–H and O–H groups in total. The van der Waals surface area contributed by atoms with Gasteiger partial charge in [-0.05, 0) is 84.1 Å². The topological polar surface area (TPSA) is 29.5 Å². The Hall–Kier alpha value is -4.83. The standard InChI is InChI=1S/C35H26BNO2/c1-24-2-16-31(17-3-24)37(32-18-8-26(9-19-32)25-6-14-30(36)15-7-25)33-20-10-27(11-21-33)28-12-22-34(23-13-28)39-35(38)29-4-5-29/h2-4,6-23H,5H2,1H3. The number of carbonyl (C=O) groups is 1. The van der Waals surface area contributed by atoms with Crippen molar-refractivity contribution in [3.63, 3.8) is 0 Å². The molecule has 0 amide bonds. The van der Waals surface area contributed by atoms with Gasteiger partial charge in [0.1, 0.15) is 13.6 Å². The molecular weight excluding hydrogens is 477 g/mol. The average molecular weight is 503 g/mol. The van der Waals surface area contributed by atoms with Gasteiger partial charge in [0.25, 0.3) is 0 Å². The van der Waals surface area contributed by atoms with E-state index >= 15 is 0 Å². The number of carbonyl (C=O) groups excluding carboxylic acids is 1. The number of allylic oxidation sites excluding steroid dienone is 1. The minimum absolute atomic E-state index is 0.259. The highest BCUT2D eigenvalue weighted by atomic mass is 16.5. The van der Waals surface area contributed by atoms with Crippen LogP contribution < -0.4 is 15.1 Å². The summed E-state index contributed by atoms with van der Waals surface area (Å²) < 4.78 is 5.41. The fourth-order valence-corrected chi connectivity index (χ4v) is 4.53. The Kier molecular flexibility index (Phi) is 6.60. The fraction of sp³-hybridized carbons (Fsp3) is 0.0571. The predicted octanol–water partition coefficient (Wildman–Crippen LogP) is 7.83. The Morgan fingerprint density at radius 1 is 0.615 bits per heavy atom. The molecule has 0 aromatic heterocycles. The molecule has 0 spiro atoms. The van der Waals surface area contributed by atoms with Crippen molar-refractivity contribution in [3.05, 3.63) is 139 Å². The van der Waals surface area contributed by atoms with Gasteiger partial charge >= 0.3 is 5.97 Å². The molecule has 5 aromatic rings. The van der Waals surface area contributed by atoms with Crippen LogP contribution in [0.5, 0.6) is 5.75 Å². The second-order valence-corrected chi connectivity index (χ2v) is 9.73. The minimum atomic E-state index is -0.259. The lowest BCUT2D eigenvalue weighted by molar-refractivity contribution is -0.129. The maximum Gasteiger partial charge on any atom is 0.339 e. The summed E-state index contributed by atoms with van der Waals surface area (Å²) in [5, 5.41) is 0. The van der Waals surface area contributed by atoms with E-state index in [-0.39, 0.29) is 5.97 Å². The van der Waals surface area contributed by atoms with Crippen molar-refractivity contribution < 1.29 is 9.53 Å². The van der Waals surface area contributed by atoms with Gasteiger partial charge in [0.15, 0.2) is 0 Å². The van der Waals surface area contributed by atoms with Crippen molar-refractivity contribution in [1.29, 1.82) is 0 Å². The molecule has 39 heavy (non-hydrogen) atoms. The van der Waals surface area contributed by atoms with E-state index in [1.165, 1.54) is 5.56 Å². The van der Waals surface area contributed by atoms with Crippen molar-refractivity contribution >= 4 is 36.3 Å². The average Bonchev–Trinajstić information content (AvgIpc) is 3.82. The van der Waals surface area contributed by atoms with Gasteiger partial charge in [-0.1, -0.05) is 89.9 Å². The van der Waals surface area contributed by atoms with Gasteiger partial charge in [0.05, 0.1) is 0 Å². The molecule has 0 saturated heterocycles. The quantitative estimate of drug-likeness (QED) is 0.129. The Morgan fingerprint density at radius 3 is 1.44 bits per heavy atom. The van der Waals surface area contributed by atoms with Crippen molar-refractivity contribution in [1.82, 2.24) is 0 Å². The highest BCUT2D eigenvalue weighted by molar-refractivity contribution is 6.32. The van der Waals surface area contributed by atoms with E-state index in [0.29, 0.717) is 5.75 Å². The first-order valence-electron chi connectivity index (χ1n) is 13.0. The van der Waals surface area contributed by atoms with E-state index in [2.05, 4.69) is 84.6 Å². The maximum absolute atomic E-state index is 11.9. The number of anilines is 3. The maximum atomic E-state index is 11.9. The van der Waals surface area contributed by atoms with E-state index < -0.39 is 0 Å². The predicted molar refractivity (Wildman–Crippen MR) is 160 cm³/mol. The van der Waals surface area contributed by atoms with Crippen molar-refractivity contribution in [2.75, 3.05) is 4.90 Å². The highest BCUT2D eigenvalue weighted by Gasteiger charge is 2.19. The molecule has 0 saturated carbocycles. The lowest BCUT2D eigenvalue weighted by atomic mass is 9.93. The summed E-state index contributed by atoms with van der Waals surface area (Å²) in [6.45, 7) is 2.10. The van der Waals surface area contributed by atoms with Gasteiger partial charge in [0, 0.05) is 22.6 Å². The molecule has 1 aliphatic rings. The zero-order chi connectivity index (χ0) is 26.8. The number of ether oxygens (including phenoxy) is 1. The molecule has 0 heterocycles. The van der Waals surface area contributed by atoms with Gasteiger partial charge in [-0.25, -0.2) is 4.79 Å². The van der Waals surface area contributed by atoms with Crippen LogP contribution in [0.2, 0.25) is 0 Å². The molecule has 0 atom stereocenters. The first kappa shape index (κ1) is 24.5. The summed E-state index contributed by atoms with van der Waals surface area (Å²) in [6, 6.07) is 41.2. The molecule has 0 fully saturated rings. The molecule has 0 unspecified atom stereocenters. The first-order chi connectivity index (χ1) is 19.0.